The molecular formula is C76H104O9. The van der Waals surface area contributed by atoms with Crippen molar-refractivity contribution in [1.29, 1.82) is 0 Å². The fourth-order valence-electron chi connectivity index (χ4n) is 12.0. The largest absolute Gasteiger partial charge is 0.488 e. The minimum absolute atomic E-state index is 0.0228. The van der Waals surface area contributed by atoms with Gasteiger partial charge in [0.25, 0.3) is 0 Å². The fraction of sp³-hybridized carbons (Fsp3) is 0.553. The number of carbonyl (C=O) groups is 4. The van der Waals surface area contributed by atoms with Crippen molar-refractivity contribution in [2.75, 3.05) is 26.4 Å². The van der Waals surface area contributed by atoms with Crippen molar-refractivity contribution < 1.29 is 42.9 Å². The lowest BCUT2D eigenvalue weighted by molar-refractivity contribution is -0.143. The molecule has 9 heteroatoms. The van der Waals surface area contributed by atoms with Crippen LogP contribution in [0.4, 0.5) is 0 Å². The van der Waals surface area contributed by atoms with Gasteiger partial charge in [-0.15, -0.1) is 0 Å². The van der Waals surface area contributed by atoms with Crippen LogP contribution in [-0.4, -0.2) is 55.9 Å². The van der Waals surface area contributed by atoms with Crippen molar-refractivity contribution in [3.05, 3.63) is 167 Å². The molecule has 0 amide bonds. The minimum Gasteiger partial charge on any atom is -0.488 e. The molecule has 0 saturated carbocycles. The predicted molar refractivity (Wildman–Crippen MR) is 346 cm³/mol. The third-order valence-electron chi connectivity index (χ3n) is 16.8. The molecule has 8 bridgehead atoms. The van der Waals surface area contributed by atoms with Crippen molar-refractivity contribution in [2.24, 2.45) is 0 Å². The topological polar surface area (TPSA) is 114 Å². The normalized spacial score (nSPS) is 12.8. The maximum absolute atomic E-state index is 14.2. The molecule has 1 aliphatic carbocycles. The van der Waals surface area contributed by atoms with Crippen molar-refractivity contribution in [1.82, 2.24) is 0 Å². The summed E-state index contributed by atoms with van der Waals surface area (Å²) in [4.78, 5) is 56.5. The Labute approximate surface area is 512 Å². The Hall–Kier alpha value is -6.22. The van der Waals surface area contributed by atoms with E-state index in [1.807, 2.05) is 27.7 Å². The quantitative estimate of drug-likeness (QED) is 0.0314. The SMILES string of the molecule is CCCCCCCCCCC(C)(C)Oc1ccc(Cc2cc3c(CC(=O)OCC)c(c2)Cc2cc(C(C)(C)C)cc(c2CC(=O)OCC)Cc2cc(C(C)(C)C)cc(c2CC(=O)OCC)Cc2cc(C(C)(C)C)cc(c2CC(=O)OCC)C3)cc1. The van der Waals surface area contributed by atoms with Crippen LogP contribution in [0, 0.1) is 0 Å². The van der Waals surface area contributed by atoms with E-state index in [4.69, 9.17) is 23.7 Å². The van der Waals surface area contributed by atoms with Crippen LogP contribution in [0.1, 0.15) is 263 Å². The van der Waals surface area contributed by atoms with Gasteiger partial charge in [-0.25, -0.2) is 0 Å². The van der Waals surface area contributed by atoms with Crippen LogP contribution in [0.5, 0.6) is 5.75 Å². The number of hydrogen-bond donors (Lipinski definition) is 0. The maximum Gasteiger partial charge on any atom is 0.310 e. The van der Waals surface area contributed by atoms with Crippen LogP contribution < -0.4 is 4.74 Å². The average molecular weight is 1160 g/mol. The third kappa shape index (κ3) is 19.9. The minimum atomic E-state index is -0.331. The van der Waals surface area contributed by atoms with Crippen LogP contribution in [0.15, 0.2) is 72.8 Å². The van der Waals surface area contributed by atoms with Gasteiger partial charge < -0.3 is 23.7 Å². The lowest BCUT2D eigenvalue weighted by Gasteiger charge is -2.29. The summed E-state index contributed by atoms with van der Waals surface area (Å²) in [5, 5.41) is 0. The van der Waals surface area contributed by atoms with Crippen molar-refractivity contribution in [3.63, 3.8) is 0 Å². The Morgan fingerprint density at radius 1 is 0.365 bits per heavy atom. The van der Waals surface area contributed by atoms with Gasteiger partial charge >= 0.3 is 23.9 Å². The summed E-state index contributed by atoms with van der Waals surface area (Å²) in [5.74, 6) is -0.469. The Balaban J connectivity index is 1.66. The molecule has 0 unspecified atom stereocenters. The molecule has 5 aromatic rings. The van der Waals surface area contributed by atoms with Gasteiger partial charge in [0, 0.05) is 0 Å². The van der Waals surface area contributed by atoms with Crippen molar-refractivity contribution in [2.45, 2.75) is 248 Å². The Kier molecular flexibility index (Phi) is 24.3. The van der Waals surface area contributed by atoms with Gasteiger partial charge in [-0.1, -0.05) is 175 Å². The second-order valence-electron chi connectivity index (χ2n) is 27.5. The summed E-state index contributed by atoms with van der Waals surface area (Å²) in [6.45, 7) is 34.8. The van der Waals surface area contributed by atoms with E-state index in [0.29, 0.717) is 32.1 Å². The molecule has 0 N–H and O–H groups in total. The predicted octanol–water partition coefficient (Wildman–Crippen LogP) is 17.0. The second kappa shape index (κ2) is 30.4. The van der Waals surface area contributed by atoms with Gasteiger partial charge in [-0.05, 0) is 209 Å². The van der Waals surface area contributed by atoms with Crippen molar-refractivity contribution in [3.8, 4) is 5.75 Å². The molecule has 0 aliphatic heterocycles. The van der Waals surface area contributed by atoms with E-state index in [1.54, 1.807) is 0 Å². The highest BCUT2D eigenvalue weighted by Crippen LogP contribution is 2.39. The van der Waals surface area contributed by atoms with E-state index < -0.39 is 0 Å². The first kappa shape index (κ1) is 67.9. The van der Waals surface area contributed by atoms with E-state index in [-0.39, 0.29) is 97.8 Å². The van der Waals surface area contributed by atoms with E-state index in [0.717, 1.165) is 113 Å². The highest BCUT2D eigenvalue weighted by atomic mass is 16.5. The zero-order valence-corrected chi connectivity index (χ0v) is 55.2. The molecule has 0 saturated heterocycles. The number of fused-ring (bicyclic) bond motifs is 8. The molecule has 9 nitrogen and oxygen atoms in total. The summed E-state index contributed by atoms with van der Waals surface area (Å²) in [6.07, 6.45) is 13.5. The zero-order chi connectivity index (χ0) is 62.3. The molecule has 0 spiro atoms. The molecule has 6 rings (SSSR count). The average Bonchev–Trinajstić information content (AvgIpc) is 3.61. The number of rotatable bonds is 25. The van der Waals surface area contributed by atoms with Crippen LogP contribution in [0.25, 0.3) is 0 Å². The van der Waals surface area contributed by atoms with E-state index >= 15 is 0 Å². The van der Waals surface area contributed by atoms with E-state index in [1.165, 1.54) is 44.9 Å². The van der Waals surface area contributed by atoms with Crippen LogP contribution in [0.2, 0.25) is 0 Å². The van der Waals surface area contributed by atoms with E-state index in [2.05, 4.69) is 156 Å². The third-order valence-corrected chi connectivity index (χ3v) is 16.8. The number of carbonyl (C=O) groups excluding carboxylic acids is 4. The number of ether oxygens (including phenoxy) is 5. The number of benzene rings is 5. The smallest absolute Gasteiger partial charge is 0.310 e. The first-order valence-electron chi connectivity index (χ1n) is 32.1. The lowest BCUT2D eigenvalue weighted by Crippen LogP contribution is -2.28. The van der Waals surface area contributed by atoms with Crippen LogP contribution >= 0.6 is 0 Å². The summed E-state index contributed by atoms with van der Waals surface area (Å²) < 4.78 is 29.8. The molecule has 0 aromatic heterocycles. The van der Waals surface area contributed by atoms with Gasteiger partial charge in [-0.2, -0.15) is 0 Å². The summed E-state index contributed by atoms with van der Waals surface area (Å²) in [6, 6.07) is 26.5. The van der Waals surface area contributed by atoms with Gasteiger partial charge in [0.1, 0.15) is 11.4 Å². The standard InChI is InChI=1S/C76H104O9/c1-17-22-23-24-25-26-27-28-33-76(15,16)85-64-31-29-51(30-32-64)34-52-35-53-37-55-41-61(73(6,7)8)43-57(66(55)48-70(78)82-19-3)39-59-45-63(75(12,13)14)46-60(68(59)50-72(80)84-21-5)40-58-44-62(74(9,10)11)42-56(67(58)49-71(79)83-20-4)38-54(36-52)65(53)47-69(77)81-18-2/h29-32,35-36,41-46H,17-28,33-34,37-40,47-50H2,1-16H3. The molecule has 0 heterocycles. The summed E-state index contributed by atoms with van der Waals surface area (Å²) in [7, 11) is 0. The van der Waals surface area contributed by atoms with Gasteiger partial charge in [0.15, 0.2) is 0 Å². The monoisotopic (exact) mass is 1160 g/mol. The summed E-state index contributed by atoms with van der Waals surface area (Å²) >= 11 is 0. The van der Waals surface area contributed by atoms with Gasteiger partial charge in [0.2, 0.25) is 0 Å². The molecule has 0 atom stereocenters. The summed E-state index contributed by atoms with van der Waals surface area (Å²) in [5.41, 5.74) is 15.5. The first-order chi connectivity index (χ1) is 40.1. The van der Waals surface area contributed by atoms with Crippen LogP contribution in [-0.2, 0) is 112 Å². The van der Waals surface area contributed by atoms with Crippen molar-refractivity contribution >= 4 is 23.9 Å². The molecule has 85 heavy (non-hydrogen) atoms. The zero-order valence-electron chi connectivity index (χ0n) is 55.2. The molecule has 1 aliphatic rings. The molecule has 0 fully saturated rings. The van der Waals surface area contributed by atoms with Gasteiger partial charge in [0.05, 0.1) is 52.1 Å². The fourth-order valence-corrected chi connectivity index (χ4v) is 12.0. The Morgan fingerprint density at radius 2 is 0.647 bits per heavy atom. The van der Waals surface area contributed by atoms with E-state index in [9.17, 15) is 19.2 Å². The number of unbranched alkanes of at least 4 members (excludes halogenated alkanes) is 7. The maximum atomic E-state index is 14.2. The second-order valence-corrected chi connectivity index (χ2v) is 27.5. The Bertz CT molecular complexity index is 2940. The first-order valence-corrected chi connectivity index (χ1v) is 32.1. The highest BCUT2D eigenvalue weighted by Gasteiger charge is 2.30. The molecule has 0 radical (unpaired) electrons. The number of hydrogen-bond acceptors (Lipinski definition) is 9. The Morgan fingerprint density at radius 3 is 0.929 bits per heavy atom. The molecule has 5 aromatic carbocycles. The molecular weight excluding hydrogens is 1060 g/mol. The van der Waals surface area contributed by atoms with Crippen LogP contribution in [0.3, 0.4) is 0 Å². The lowest BCUT2D eigenvalue weighted by atomic mass is 9.76. The van der Waals surface area contributed by atoms with Gasteiger partial charge in [-0.3, -0.25) is 19.2 Å². The molecule has 462 valence electrons. The number of esters is 4. The highest BCUT2D eigenvalue weighted by molar-refractivity contribution is 5.77.